The van der Waals surface area contributed by atoms with Gasteiger partial charge in [-0.1, -0.05) is 51.3 Å². The molecule has 194 valence electrons. The Morgan fingerprint density at radius 2 is 1.70 bits per heavy atom. The third kappa shape index (κ3) is 4.46. The molecule has 5 rings (SSSR count). The molecule has 13 heteroatoms. The largest absolute Gasteiger partial charge is 0.343 e. The molecule has 0 aliphatic carbocycles. The Kier molecular flexibility index (Phi) is 6.64. The van der Waals surface area contributed by atoms with Gasteiger partial charge in [0.25, 0.3) is 15.9 Å². The van der Waals surface area contributed by atoms with Crippen molar-refractivity contribution in [1.82, 2.24) is 18.8 Å². The normalized spacial score (nSPS) is 20.6. The monoisotopic (exact) mass is 625 g/mol. The third-order valence-corrected chi connectivity index (χ3v) is 9.43. The number of aromatic nitrogens is 2. The van der Waals surface area contributed by atoms with Crippen molar-refractivity contribution in [3.63, 3.8) is 0 Å². The molecule has 1 saturated heterocycles. The van der Waals surface area contributed by atoms with Crippen LogP contribution in [0.2, 0.25) is 10.0 Å². The zero-order valence-corrected chi connectivity index (χ0v) is 23.8. The molecule has 2 aromatic carbocycles. The Bertz CT molecular complexity index is 1510. The van der Waals surface area contributed by atoms with Crippen molar-refractivity contribution in [2.75, 3.05) is 31.6 Å². The van der Waals surface area contributed by atoms with E-state index in [2.05, 4.69) is 20.9 Å². The highest BCUT2D eigenvalue weighted by Gasteiger charge is 2.52. The molecule has 0 spiro atoms. The Morgan fingerprint density at radius 1 is 1.05 bits per heavy atom. The molecule has 2 aliphatic heterocycles. The van der Waals surface area contributed by atoms with E-state index in [0.717, 1.165) is 14.3 Å². The third-order valence-electron chi connectivity index (χ3n) is 6.66. The van der Waals surface area contributed by atoms with Crippen molar-refractivity contribution in [1.29, 1.82) is 0 Å². The second-order valence-electron chi connectivity index (χ2n) is 9.23. The number of imidazole rings is 1. The molecule has 37 heavy (non-hydrogen) atoms. The summed E-state index contributed by atoms with van der Waals surface area (Å²) in [5.74, 6) is -0.565. The first kappa shape index (κ1) is 26.2. The Labute approximate surface area is 232 Å². The average molecular weight is 627 g/mol. The summed E-state index contributed by atoms with van der Waals surface area (Å²) in [4.78, 5) is 33.6. The van der Waals surface area contributed by atoms with Crippen LogP contribution in [0.3, 0.4) is 0 Å². The van der Waals surface area contributed by atoms with Crippen molar-refractivity contribution < 1.29 is 18.0 Å². The first-order valence-corrected chi connectivity index (χ1v) is 14.3. The van der Waals surface area contributed by atoms with E-state index in [1.54, 1.807) is 32.2 Å². The van der Waals surface area contributed by atoms with Gasteiger partial charge >= 0.3 is 0 Å². The molecular weight excluding hydrogens is 605 g/mol. The molecule has 0 N–H and O–H groups in total. The van der Waals surface area contributed by atoms with Crippen LogP contribution in [0.1, 0.15) is 12.5 Å². The van der Waals surface area contributed by atoms with Crippen LogP contribution in [0.15, 0.2) is 58.2 Å². The maximum Gasteiger partial charge on any atom is 0.260 e. The van der Waals surface area contributed by atoms with Gasteiger partial charge in [-0.3, -0.25) is 14.2 Å². The molecule has 1 atom stereocenters. The molecule has 0 bridgehead atoms. The van der Waals surface area contributed by atoms with Crippen LogP contribution in [-0.2, 0) is 31.6 Å². The van der Waals surface area contributed by atoms with Gasteiger partial charge in [0, 0.05) is 41.1 Å². The molecule has 2 amide bonds. The maximum atomic E-state index is 14.1. The Hall–Kier alpha value is -2.44. The van der Waals surface area contributed by atoms with E-state index in [-0.39, 0.29) is 48.8 Å². The number of fused-ring (bicyclic) bond motifs is 1. The number of hydrogen-bond donors (Lipinski definition) is 0. The fourth-order valence-electron chi connectivity index (χ4n) is 4.69. The summed E-state index contributed by atoms with van der Waals surface area (Å²) in [6.07, 6.45) is 1.43. The number of piperazine rings is 1. The number of anilines is 2. The van der Waals surface area contributed by atoms with E-state index in [1.807, 2.05) is 24.3 Å². The minimum Gasteiger partial charge on any atom is -0.343 e. The summed E-state index contributed by atoms with van der Waals surface area (Å²) in [6, 6.07) is 12.1. The van der Waals surface area contributed by atoms with Gasteiger partial charge < -0.3 is 4.90 Å². The van der Waals surface area contributed by atoms with E-state index in [9.17, 15) is 18.0 Å². The summed E-state index contributed by atoms with van der Waals surface area (Å²) >= 11 is 15.9. The van der Waals surface area contributed by atoms with Gasteiger partial charge in [-0.2, -0.15) is 4.31 Å². The predicted molar refractivity (Wildman–Crippen MR) is 144 cm³/mol. The van der Waals surface area contributed by atoms with E-state index >= 15 is 0 Å². The Balaban J connectivity index is 1.67. The molecule has 1 aromatic heterocycles. The van der Waals surface area contributed by atoms with Gasteiger partial charge in [0.1, 0.15) is 5.54 Å². The van der Waals surface area contributed by atoms with Gasteiger partial charge in [0.2, 0.25) is 11.9 Å². The highest BCUT2D eigenvalue weighted by molar-refractivity contribution is 9.10. The molecule has 0 saturated carbocycles. The van der Waals surface area contributed by atoms with Gasteiger partial charge in [-0.25, -0.2) is 18.3 Å². The van der Waals surface area contributed by atoms with Gasteiger partial charge in [0.15, 0.2) is 5.03 Å². The van der Waals surface area contributed by atoms with E-state index in [4.69, 9.17) is 23.2 Å². The number of hydrogen-bond acceptors (Lipinski definition) is 5. The molecule has 2 aliphatic rings. The smallest absolute Gasteiger partial charge is 0.260 e. The first-order chi connectivity index (χ1) is 17.4. The highest BCUT2D eigenvalue weighted by atomic mass is 79.9. The maximum absolute atomic E-state index is 14.1. The molecule has 1 fully saturated rings. The van der Waals surface area contributed by atoms with E-state index in [0.29, 0.717) is 15.7 Å². The lowest BCUT2D eigenvalue weighted by atomic mass is 9.92. The number of carbonyl (C=O) groups excluding carboxylic acids is 2. The lowest BCUT2D eigenvalue weighted by Gasteiger charge is -2.32. The Morgan fingerprint density at radius 3 is 2.32 bits per heavy atom. The van der Waals surface area contributed by atoms with Gasteiger partial charge in [-0.05, 0) is 42.8 Å². The summed E-state index contributed by atoms with van der Waals surface area (Å²) in [6.45, 7) is 1.80. The summed E-state index contributed by atoms with van der Waals surface area (Å²) < 4.78 is 31.1. The number of rotatable bonds is 5. The number of likely N-dealkylation sites (N-methyl/N-ethyl adjacent to an activating group) is 1. The number of carbonyl (C=O) groups is 2. The number of sulfonamides is 1. The number of halogens is 3. The zero-order valence-electron chi connectivity index (χ0n) is 19.9. The highest BCUT2D eigenvalue weighted by Crippen LogP contribution is 2.45. The minimum atomic E-state index is -4.17. The van der Waals surface area contributed by atoms with Crippen LogP contribution >= 0.6 is 39.1 Å². The standard InChI is InChI=1S/C24H22BrCl2N5O4S/c1-24(12-15-3-5-16(25)6-4-15)22(34)31(19-10-17(26)9-18(27)11-19)23-28-13-21(32(23)24)37(35,36)30-8-7-29(2)20(33)14-30/h3-6,9-11,13H,7-8,12,14H2,1-2H3/t24-/m1/s1. The van der Waals surface area contributed by atoms with Crippen molar-refractivity contribution in [2.24, 2.45) is 0 Å². The van der Waals surface area contributed by atoms with Crippen LogP contribution in [0.5, 0.6) is 0 Å². The molecule has 3 aromatic rings. The van der Waals surface area contributed by atoms with Crippen molar-refractivity contribution in [3.05, 3.63) is 68.7 Å². The van der Waals surface area contributed by atoms with E-state index < -0.39 is 15.6 Å². The molecule has 0 radical (unpaired) electrons. The summed E-state index contributed by atoms with van der Waals surface area (Å²) in [7, 11) is -2.54. The molecule has 9 nitrogen and oxygen atoms in total. The number of nitrogens with zero attached hydrogens (tertiary/aromatic N) is 5. The zero-order chi connectivity index (χ0) is 26.7. The topological polar surface area (TPSA) is 95.8 Å². The molecule has 0 unspecified atom stereocenters. The first-order valence-electron chi connectivity index (χ1n) is 11.3. The van der Waals surface area contributed by atoms with Crippen LogP contribution in [-0.4, -0.2) is 65.7 Å². The van der Waals surface area contributed by atoms with Crippen molar-refractivity contribution in [2.45, 2.75) is 23.9 Å². The van der Waals surface area contributed by atoms with Crippen LogP contribution in [0, 0.1) is 0 Å². The predicted octanol–water partition coefficient (Wildman–Crippen LogP) is 4.05. The second-order valence-corrected chi connectivity index (χ2v) is 12.9. The fraction of sp³-hybridized carbons (Fsp3) is 0.292. The van der Waals surface area contributed by atoms with Crippen molar-refractivity contribution in [3.8, 4) is 0 Å². The van der Waals surface area contributed by atoms with Gasteiger partial charge in [-0.15, -0.1) is 0 Å². The molecular formula is C24H22BrCl2N5O4S. The van der Waals surface area contributed by atoms with Crippen LogP contribution < -0.4 is 4.90 Å². The number of amides is 2. The number of benzene rings is 2. The lowest BCUT2D eigenvalue weighted by Crippen LogP contribution is -2.51. The second kappa shape index (κ2) is 9.39. The van der Waals surface area contributed by atoms with Crippen LogP contribution in [0.25, 0.3) is 0 Å². The van der Waals surface area contributed by atoms with E-state index in [1.165, 1.54) is 20.6 Å². The molecule has 3 heterocycles. The fourth-order valence-corrected chi connectivity index (χ4v) is 7.03. The van der Waals surface area contributed by atoms with Gasteiger partial charge in [0.05, 0.1) is 18.4 Å². The van der Waals surface area contributed by atoms with Crippen LogP contribution in [0.4, 0.5) is 11.6 Å². The summed E-state index contributed by atoms with van der Waals surface area (Å²) in [5, 5.41) is 0.473. The quantitative estimate of drug-likeness (QED) is 0.426. The average Bonchev–Trinajstić information content (AvgIpc) is 3.35. The minimum absolute atomic E-state index is 0.127. The summed E-state index contributed by atoms with van der Waals surface area (Å²) in [5.41, 5.74) is -0.164. The SMILES string of the molecule is CN1CCN(S(=O)(=O)c2cnc3n2[C@](C)(Cc2ccc(Br)cc2)C(=O)N3c2cc(Cl)cc(Cl)c2)CC1=O. The van der Waals surface area contributed by atoms with Crippen molar-refractivity contribution >= 4 is 72.6 Å². The lowest BCUT2D eigenvalue weighted by molar-refractivity contribution is -0.132.